The van der Waals surface area contributed by atoms with Crippen molar-refractivity contribution in [3.63, 3.8) is 0 Å². The van der Waals surface area contributed by atoms with Gasteiger partial charge in [0, 0.05) is 33.2 Å². The van der Waals surface area contributed by atoms with Crippen molar-refractivity contribution in [3.8, 4) is 0 Å². The van der Waals surface area contributed by atoms with Crippen LogP contribution in [-0.2, 0) is 14.3 Å². The minimum atomic E-state index is -0.101. The summed E-state index contributed by atoms with van der Waals surface area (Å²) in [6.45, 7) is 2.34. The third kappa shape index (κ3) is 2.95. The maximum atomic E-state index is 11.8. The van der Waals surface area contributed by atoms with Crippen LogP contribution in [0.3, 0.4) is 0 Å². The van der Waals surface area contributed by atoms with Crippen LogP contribution in [0.15, 0.2) is 0 Å². The van der Waals surface area contributed by atoms with E-state index in [4.69, 9.17) is 4.74 Å². The van der Waals surface area contributed by atoms with Crippen molar-refractivity contribution in [2.45, 2.75) is 25.0 Å². The summed E-state index contributed by atoms with van der Waals surface area (Å²) < 4.78 is 5.26. The number of hydrogen-bond donors (Lipinski definition) is 2. The number of nitrogens with one attached hydrogen (secondary N) is 2. The summed E-state index contributed by atoms with van der Waals surface area (Å²) in [7, 11) is 1.64. The molecule has 2 heterocycles. The highest BCUT2D eigenvalue weighted by atomic mass is 16.5. The highest BCUT2D eigenvalue weighted by Gasteiger charge is 2.29. The van der Waals surface area contributed by atoms with Crippen LogP contribution >= 0.6 is 0 Å². The molecule has 0 aromatic rings. The van der Waals surface area contributed by atoms with Crippen molar-refractivity contribution in [3.05, 3.63) is 0 Å². The molecule has 0 spiro atoms. The summed E-state index contributed by atoms with van der Waals surface area (Å²) >= 11 is 0. The highest BCUT2D eigenvalue weighted by Crippen LogP contribution is 2.09. The summed E-state index contributed by atoms with van der Waals surface area (Å²) in [6, 6.07) is 0.00482. The van der Waals surface area contributed by atoms with Crippen LogP contribution < -0.4 is 10.6 Å². The van der Waals surface area contributed by atoms with Gasteiger partial charge in [-0.25, -0.2) is 0 Å². The van der Waals surface area contributed by atoms with E-state index in [1.54, 1.807) is 12.0 Å². The molecule has 0 radical (unpaired) electrons. The molecule has 0 aromatic heterocycles. The first-order valence-electron chi connectivity index (χ1n) is 6.01. The summed E-state index contributed by atoms with van der Waals surface area (Å²) in [4.78, 5) is 24.8. The van der Waals surface area contributed by atoms with Crippen LogP contribution in [0.25, 0.3) is 0 Å². The number of hydrogen-bond acceptors (Lipinski definition) is 4. The molecule has 2 fully saturated rings. The van der Waals surface area contributed by atoms with Gasteiger partial charge in [0.1, 0.15) is 0 Å². The van der Waals surface area contributed by atoms with E-state index in [2.05, 4.69) is 10.6 Å². The van der Waals surface area contributed by atoms with Crippen molar-refractivity contribution in [1.29, 1.82) is 0 Å². The Kier molecular flexibility index (Phi) is 3.96. The van der Waals surface area contributed by atoms with Gasteiger partial charge in [-0.05, 0) is 6.42 Å². The molecule has 2 aliphatic rings. The Hall–Kier alpha value is -1.14. The van der Waals surface area contributed by atoms with Gasteiger partial charge in [0.05, 0.1) is 18.7 Å². The molecule has 0 saturated carbocycles. The van der Waals surface area contributed by atoms with Crippen molar-refractivity contribution < 1.29 is 14.3 Å². The van der Waals surface area contributed by atoms with Gasteiger partial charge in [-0.2, -0.15) is 0 Å². The van der Waals surface area contributed by atoms with Crippen molar-refractivity contribution in [2.75, 3.05) is 33.3 Å². The summed E-state index contributed by atoms with van der Waals surface area (Å²) in [5, 5.41) is 6.07. The predicted octanol–water partition coefficient (Wildman–Crippen LogP) is -1.29. The minimum absolute atomic E-state index is 0.00482. The minimum Gasteiger partial charge on any atom is -0.378 e. The third-order valence-electron chi connectivity index (χ3n) is 3.31. The molecule has 6 nitrogen and oxygen atoms in total. The Labute approximate surface area is 101 Å². The number of methoxy groups -OCH3 is 1. The summed E-state index contributed by atoms with van der Waals surface area (Å²) in [5.41, 5.74) is 0. The molecule has 2 saturated heterocycles. The van der Waals surface area contributed by atoms with Crippen LogP contribution in [0.1, 0.15) is 12.8 Å². The van der Waals surface area contributed by atoms with Crippen molar-refractivity contribution >= 4 is 11.8 Å². The first-order valence-corrected chi connectivity index (χ1v) is 6.01. The molecule has 1 unspecified atom stereocenters. The molecule has 0 aromatic carbocycles. The normalized spacial score (nSPS) is 28.8. The van der Waals surface area contributed by atoms with E-state index in [9.17, 15) is 9.59 Å². The molecule has 2 aliphatic heterocycles. The second-order valence-corrected chi connectivity index (χ2v) is 4.53. The highest BCUT2D eigenvalue weighted by molar-refractivity contribution is 5.86. The first kappa shape index (κ1) is 12.3. The van der Waals surface area contributed by atoms with Crippen LogP contribution in [0.2, 0.25) is 0 Å². The van der Waals surface area contributed by atoms with E-state index in [0.717, 1.165) is 19.5 Å². The predicted molar refractivity (Wildman–Crippen MR) is 61.4 cm³/mol. The molecule has 17 heavy (non-hydrogen) atoms. The number of nitrogens with zero attached hydrogens (tertiary/aromatic N) is 1. The Bertz CT molecular complexity index is 308. The molecule has 2 rings (SSSR count). The van der Waals surface area contributed by atoms with Crippen LogP contribution in [0.5, 0.6) is 0 Å². The fraction of sp³-hybridized carbons (Fsp3) is 0.818. The van der Waals surface area contributed by atoms with Crippen LogP contribution in [-0.4, -0.2) is 62.1 Å². The largest absolute Gasteiger partial charge is 0.378 e. The maximum Gasteiger partial charge on any atom is 0.239 e. The second kappa shape index (κ2) is 5.46. The summed E-state index contributed by atoms with van der Waals surface area (Å²) in [6.07, 6.45) is 1.45. The number of ether oxygens (including phenoxy) is 1. The average molecular weight is 241 g/mol. The lowest BCUT2D eigenvalue weighted by atomic mass is 10.2. The van der Waals surface area contributed by atoms with Gasteiger partial charge < -0.3 is 20.3 Å². The number of carbonyl (C=O) groups excluding carboxylic acids is 2. The quantitative estimate of drug-likeness (QED) is 0.642. The number of amides is 2. The van der Waals surface area contributed by atoms with Gasteiger partial charge in [-0.1, -0.05) is 0 Å². The summed E-state index contributed by atoms with van der Waals surface area (Å²) in [5.74, 6) is -0.0241. The van der Waals surface area contributed by atoms with Crippen molar-refractivity contribution in [2.24, 2.45) is 0 Å². The molecule has 96 valence electrons. The number of likely N-dealkylation sites (tertiary alicyclic amines) is 1. The van der Waals surface area contributed by atoms with E-state index in [-0.39, 0.29) is 30.5 Å². The Morgan fingerprint density at radius 2 is 2.41 bits per heavy atom. The van der Waals surface area contributed by atoms with E-state index >= 15 is 0 Å². The third-order valence-corrected chi connectivity index (χ3v) is 3.31. The topological polar surface area (TPSA) is 70.7 Å². The zero-order chi connectivity index (χ0) is 12.3. The smallest absolute Gasteiger partial charge is 0.239 e. The van der Waals surface area contributed by atoms with Crippen LogP contribution in [0, 0.1) is 0 Å². The lowest BCUT2D eigenvalue weighted by molar-refractivity contribution is -0.133. The Morgan fingerprint density at radius 1 is 1.59 bits per heavy atom. The molecular formula is C11H19N3O3. The van der Waals surface area contributed by atoms with Gasteiger partial charge >= 0.3 is 0 Å². The Balaban J connectivity index is 1.78. The van der Waals surface area contributed by atoms with Gasteiger partial charge in [0.25, 0.3) is 0 Å². The van der Waals surface area contributed by atoms with Gasteiger partial charge in [-0.3, -0.25) is 9.59 Å². The van der Waals surface area contributed by atoms with E-state index in [0.29, 0.717) is 13.0 Å². The lowest BCUT2D eigenvalue weighted by Crippen LogP contribution is -2.47. The zero-order valence-electron chi connectivity index (χ0n) is 10.1. The monoisotopic (exact) mass is 241 g/mol. The molecule has 2 N–H and O–H groups in total. The fourth-order valence-corrected chi connectivity index (χ4v) is 2.34. The fourth-order valence-electron chi connectivity index (χ4n) is 2.34. The maximum absolute atomic E-state index is 11.8. The molecular weight excluding hydrogens is 222 g/mol. The molecule has 0 aliphatic carbocycles. The van der Waals surface area contributed by atoms with E-state index in [1.807, 2.05) is 0 Å². The molecule has 6 heteroatoms. The van der Waals surface area contributed by atoms with Crippen molar-refractivity contribution in [1.82, 2.24) is 15.5 Å². The van der Waals surface area contributed by atoms with Crippen LogP contribution in [0.4, 0.5) is 0 Å². The number of carbonyl (C=O) groups is 2. The second-order valence-electron chi connectivity index (χ2n) is 4.53. The van der Waals surface area contributed by atoms with Gasteiger partial charge in [-0.15, -0.1) is 0 Å². The zero-order valence-corrected chi connectivity index (χ0v) is 10.1. The average Bonchev–Trinajstić information content (AvgIpc) is 2.89. The first-order chi connectivity index (χ1) is 8.20. The van der Waals surface area contributed by atoms with E-state index in [1.165, 1.54) is 0 Å². The standard InChI is InChI=1S/C11H19N3O3/c1-17-9-6-12-5-8(9)13-10(15)7-14-4-2-3-11(14)16/h8-9,12H,2-7H2,1H3,(H,13,15)/t8?,9-/m0/s1. The molecule has 0 bridgehead atoms. The Morgan fingerprint density at radius 3 is 3.06 bits per heavy atom. The van der Waals surface area contributed by atoms with Gasteiger partial charge in [0.2, 0.25) is 11.8 Å². The number of rotatable bonds is 4. The molecule has 2 amide bonds. The van der Waals surface area contributed by atoms with Gasteiger partial charge in [0.15, 0.2) is 0 Å². The lowest BCUT2D eigenvalue weighted by Gasteiger charge is -2.21. The van der Waals surface area contributed by atoms with E-state index < -0.39 is 0 Å². The SMILES string of the molecule is CO[C@H]1CNCC1NC(=O)CN1CCCC1=O. The molecule has 2 atom stereocenters.